The molecule has 0 radical (unpaired) electrons. The van der Waals surface area contributed by atoms with Crippen LogP contribution in [0.5, 0.6) is 5.75 Å². The highest BCUT2D eigenvalue weighted by molar-refractivity contribution is 9.10. The number of halogens is 1. The summed E-state index contributed by atoms with van der Waals surface area (Å²) in [5, 5.41) is 5.71. The van der Waals surface area contributed by atoms with Crippen molar-refractivity contribution in [2.45, 2.75) is 13.3 Å². The van der Waals surface area contributed by atoms with Crippen LogP contribution >= 0.6 is 15.9 Å². The predicted molar refractivity (Wildman–Crippen MR) is 118 cm³/mol. The van der Waals surface area contributed by atoms with Crippen molar-refractivity contribution in [3.05, 3.63) is 88.4 Å². The third-order valence-corrected chi connectivity index (χ3v) is 4.73. The maximum absolute atomic E-state index is 12.6. The molecule has 0 bridgehead atoms. The minimum absolute atomic E-state index is 0.116. The van der Waals surface area contributed by atoms with Gasteiger partial charge in [0.05, 0.1) is 17.5 Å². The van der Waals surface area contributed by atoms with Crippen molar-refractivity contribution in [2.75, 3.05) is 17.2 Å². The number of amides is 2. The number of hydrogen-bond acceptors (Lipinski definition) is 3. The van der Waals surface area contributed by atoms with Crippen molar-refractivity contribution < 1.29 is 14.3 Å². The minimum Gasteiger partial charge on any atom is -0.493 e. The molecule has 3 aromatic carbocycles. The molecule has 0 aliphatic carbocycles. The van der Waals surface area contributed by atoms with E-state index in [1.807, 2.05) is 37.3 Å². The Morgan fingerprint density at radius 3 is 2.31 bits per heavy atom. The van der Waals surface area contributed by atoms with Gasteiger partial charge in [0, 0.05) is 16.9 Å². The van der Waals surface area contributed by atoms with E-state index >= 15 is 0 Å². The molecule has 2 N–H and O–H groups in total. The van der Waals surface area contributed by atoms with E-state index in [0.717, 1.165) is 5.56 Å². The Balaban J connectivity index is 1.64. The molecule has 3 rings (SSSR count). The van der Waals surface area contributed by atoms with Gasteiger partial charge < -0.3 is 15.4 Å². The van der Waals surface area contributed by atoms with Crippen LogP contribution in [0.3, 0.4) is 0 Å². The molecule has 29 heavy (non-hydrogen) atoms. The summed E-state index contributed by atoms with van der Waals surface area (Å²) in [6.07, 6.45) is 0.289. The fourth-order valence-electron chi connectivity index (χ4n) is 2.78. The number of hydrogen-bond donors (Lipinski definition) is 2. The van der Waals surface area contributed by atoms with Gasteiger partial charge in [0.15, 0.2) is 0 Å². The van der Waals surface area contributed by atoms with Gasteiger partial charge in [-0.2, -0.15) is 0 Å². The van der Waals surface area contributed by atoms with Crippen molar-refractivity contribution in [3.8, 4) is 5.75 Å². The Morgan fingerprint density at radius 1 is 0.897 bits per heavy atom. The van der Waals surface area contributed by atoms with E-state index in [1.165, 1.54) is 0 Å². The summed E-state index contributed by atoms with van der Waals surface area (Å²) in [7, 11) is 0. The molecule has 148 valence electrons. The van der Waals surface area contributed by atoms with Crippen LogP contribution in [-0.4, -0.2) is 18.4 Å². The molecule has 0 unspecified atom stereocenters. The van der Waals surface area contributed by atoms with E-state index in [2.05, 4.69) is 26.6 Å². The first-order chi connectivity index (χ1) is 14.0. The Morgan fingerprint density at radius 2 is 1.62 bits per heavy atom. The van der Waals surface area contributed by atoms with Gasteiger partial charge in [0.1, 0.15) is 5.75 Å². The Bertz CT molecular complexity index is 1010. The molecule has 0 heterocycles. The van der Waals surface area contributed by atoms with Gasteiger partial charge in [0.25, 0.3) is 5.91 Å². The largest absolute Gasteiger partial charge is 0.493 e. The first kappa shape index (κ1) is 20.6. The third kappa shape index (κ3) is 5.93. The van der Waals surface area contributed by atoms with E-state index < -0.39 is 0 Å². The van der Waals surface area contributed by atoms with Gasteiger partial charge >= 0.3 is 0 Å². The number of nitrogens with one attached hydrogen (secondary N) is 2. The first-order valence-corrected chi connectivity index (χ1v) is 10.0. The maximum atomic E-state index is 12.6. The van der Waals surface area contributed by atoms with Crippen LogP contribution in [-0.2, 0) is 11.2 Å². The normalized spacial score (nSPS) is 10.3. The molecule has 0 aromatic heterocycles. The number of benzene rings is 3. The molecule has 5 nitrogen and oxygen atoms in total. The molecule has 0 saturated heterocycles. The van der Waals surface area contributed by atoms with Crippen molar-refractivity contribution in [1.82, 2.24) is 0 Å². The fraction of sp³-hybridized carbons (Fsp3) is 0.130. The lowest BCUT2D eigenvalue weighted by Gasteiger charge is -2.10. The zero-order valence-corrected chi connectivity index (χ0v) is 17.5. The van der Waals surface area contributed by atoms with Crippen LogP contribution in [0.4, 0.5) is 11.4 Å². The maximum Gasteiger partial charge on any atom is 0.255 e. The van der Waals surface area contributed by atoms with Gasteiger partial charge in [-0.15, -0.1) is 0 Å². The van der Waals surface area contributed by atoms with E-state index in [0.29, 0.717) is 33.8 Å². The number of carbonyl (C=O) groups excluding carboxylic acids is 2. The zero-order chi connectivity index (χ0) is 20.6. The summed E-state index contributed by atoms with van der Waals surface area (Å²) in [5.74, 6) is 0.323. The van der Waals surface area contributed by atoms with Crippen molar-refractivity contribution in [1.29, 1.82) is 0 Å². The van der Waals surface area contributed by atoms with Gasteiger partial charge in [0.2, 0.25) is 5.91 Å². The average molecular weight is 453 g/mol. The average Bonchev–Trinajstić information content (AvgIpc) is 2.70. The van der Waals surface area contributed by atoms with Crippen LogP contribution in [0.15, 0.2) is 77.3 Å². The molecule has 6 heteroatoms. The van der Waals surface area contributed by atoms with Crippen LogP contribution in [0.1, 0.15) is 22.8 Å². The third-order valence-electron chi connectivity index (χ3n) is 4.11. The second-order valence-corrected chi connectivity index (χ2v) is 7.18. The number of carbonyl (C=O) groups is 2. The molecule has 0 spiro atoms. The lowest BCUT2D eigenvalue weighted by molar-refractivity contribution is -0.115. The standard InChI is InChI=1S/C23H21BrN2O3/c1-2-29-21-12-11-17(14-20(21)24)23(28)26-19-10-6-9-18(15-19)25-22(27)13-16-7-4-3-5-8-16/h3-12,14-15H,2,13H2,1H3,(H,25,27)(H,26,28). The first-order valence-electron chi connectivity index (χ1n) is 9.22. The van der Waals surface area contributed by atoms with Crippen molar-refractivity contribution >= 4 is 39.1 Å². The molecule has 3 aromatic rings. The van der Waals surface area contributed by atoms with Crippen LogP contribution in [0.25, 0.3) is 0 Å². The van der Waals surface area contributed by atoms with E-state index in [4.69, 9.17) is 4.74 Å². The summed E-state index contributed by atoms with van der Waals surface area (Å²) in [4.78, 5) is 24.8. The van der Waals surface area contributed by atoms with Gasteiger partial charge in [-0.3, -0.25) is 9.59 Å². The molecular formula is C23H21BrN2O3. The highest BCUT2D eigenvalue weighted by Crippen LogP contribution is 2.26. The molecule has 0 saturated carbocycles. The smallest absolute Gasteiger partial charge is 0.255 e. The molecular weight excluding hydrogens is 432 g/mol. The Kier molecular flexibility index (Phi) is 7.03. The summed E-state index contributed by atoms with van der Waals surface area (Å²) >= 11 is 3.42. The lowest BCUT2D eigenvalue weighted by atomic mass is 10.1. The summed E-state index contributed by atoms with van der Waals surface area (Å²) in [6, 6.07) is 21.8. The molecule has 2 amide bonds. The molecule has 0 atom stereocenters. The number of rotatable bonds is 7. The number of ether oxygens (including phenoxy) is 1. The van der Waals surface area contributed by atoms with E-state index in [-0.39, 0.29) is 18.2 Å². The Hall–Kier alpha value is -3.12. The zero-order valence-electron chi connectivity index (χ0n) is 15.9. The highest BCUT2D eigenvalue weighted by Gasteiger charge is 2.10. The van der Waals surface area contributed by atoms with Crippen LogP contribution in [0.2, 0.25) is 0 Å². The van der Waals surface area contributed by atoms with E-state index in [9.17, 15) is 9.59 Å². The predicted octanol–water partition coefficient (Wildman–Crippen LogP) is 5.28. The molecule has 0 aliphatic heterocycles. The summed E-state index contributed by atoms with van der Waals surface area (Å²) in [6.45, 7) is 2.45. The monoisotopic (exact) mass is 452 g/mol. The topological polar surface area (TPSA) is 67.4 Å². The van der Waals surface area contributed by atoms with E-state index in [1.54, 1.807) is 42.5 Å². The lowest BCUT2D eigenvalue weighted by Crippen LogP contribution is -2.15. The van der Waals surface area contributed by atoms with Gasteiger partial charge in [-0.1, -0.05) is 36.4 Å². The number of anilines is 2. The summed E-state index contributed by atoms with van der Waals surface area (Å²) < 4.78 is 6.18. The Labute approximate surface area is 178 Å². The SMILES string of the molecule is CCOc1ccc(C(=O)Nc2cccc(NC(=O)Cc3ccccc3)c2)cc1Br. The molecule has 0 fully saturated rings. The second-order valence-electron chi connectivity index (χ2n) is 6.32. The summed E-state index contributed by atoms with van der Waals surface area (Å²) in [5.41, 5.74) is 2.66. The van der Waals surface area contributed by atoms with Crippen LogP contribution in [0, 0.1) is 0 Å². The second kappa shape index (κ2) is 9.89. The van der Waals surface area contributed by atoms with Crippen molar-refractivity contribution in [3.63, 3.8) is 0 Å². The quantitative estimate of drug-likeness (QED) is 0.512. The van der Waals surface area contributed by atoms with Crippen LogP contribution < -0.4 is 15.4 Å². The highest BCUT2D eigenvalue weighted by atomic mass is 79.9. The van der Waals surface area contributed by atoms with Gasteiger partial charge in [-0.25, -0.2) is 0 Å². The van der Waals surface area contributed by atoms with Gasteiger partial charge in [-0.05, 0) is 64.8 Å². The molecule has 0 aliphatic rings. The van der Waals surface area contributed by atoms with Crippen molar-refractivity contribution in [2.24, 2.45) is 0 Å². The fourth-order valence-corrected chi connectivity index (χ4v) is 3.27. The minimum atomic E-state index is -0.249.